The van der Waals surface area contributed by atoms with Crippen LogP contribution in [0.5, 0.6) is 0 Å². The molecule has 0 aliphatic carbocycles. The van der Waals surface area contributed by atoms with Gasteiger partial charge < -0.3 is 5.73 Å². The molecule has 2 aromatic rings. The van der Waals surface area contributed by atoms with E-state index < -0.39 is 5.54 Å². The highest BCUT2D eigenvalue weighted by Crippen LogP contribution is 2.30. The van der Waals surface area contributed by atoms with Crippen LogP contribution in [0.3, 0.4) is 0 Å². The summed E-state index contributed by atoms with van der Waals surface area (Å²) in [5, 5.41) is 10.1. The van der Waals surface area contributed by atoms with Crippen molar-refractivity contribution in [3.63, 3.8) is 0 Å². The van der Waals surface area contributed by atoms with E-state index in [0.29, 0.717) is 6.42 Å². The lowest BCUT2D eigenvalue weighted by atomic mass is 9.90. The highest BCUT2D eigenvalue weighted by atomic mass is 35.5. The molecule has 0 aliphatic heterocycles. The fourth-order valence-corrected chi connectivity index (χ4v) is 3.21. The Hall–Kier alpha value is -1.47. The number of benzene rings is 2. The quantitative estimate of drug-likeness (QED) is 0.842. The van der Waals surface area contributed by atoms with Crippen molar-refractivity contribution in [2.45, 2.75) is 16.9 Å². The Morgan fingerprint density at radius 2 is 1.75 bits per heavy atom. The van der Waals surface area contributed by atoms with Crippen LogP contribution in [0.2, 0.25) is 5.02 Å². The molecule has 2 N–H and O–H groups in total. The molecule has 1 atom stereocenters. The summed E-state index contributed by atoms with van der Waals surface area (Å²) in [6, 6.07) is 19.4. The van der Waals surface area contributed by atoms with Crippen LogP contribution in [0, 0.1) is 11.3 Å². The molecule has 0 spiro atoms. The third-order valence-corrected chi connectivity index (χ3v) is 4.60. The number of thioether (sulfide) groups is 1. The average Bonchev–Trinajstić information content (AvgIpc) is 2.50. The molecule has 0 saturated carbocycles. The van der Waals surface area contributed by atoms with Crippen molar-refractivity contribution >= 4 is 23.4 Å². The minimum absolute atomic E-state index is 0.573. The predicted octanol–water partition coefficient (Wildman–Crippen LogP) is 4.20. The maximum atomic E-state index is 9.38. The molecule has 0 amide bonds. The highest BCUT2D eigenvalue weighted by molar-refractivity contribution is 7.99. The SMILES string of the molecule is N#CC(N)(CCSc1ccccc1Cl)c1ccccc1. The predicted molar refractivity (Wildman–Crippen MR) is 84.7 cm³/mol. The molecule has 0 aromatic heterocycles. The summed E-state index contributed by atoms with van der Waals surface area (Å²) < 4.78 is 0. The van der Waals surface area contributed by atoms with Gasteiger partial charge in [0.1, 0.15) is 5.54 Å². The Labute approximate surface area is 128 Å². The summed E-state index contributed by atoms with van der Waals surface area (Å²) in [6.07, 6.45) is 0.573. The van der Waals surface area contributed by atoms with Gasteiger partial charge in [0.15, 0.2) is 0 Å². The van der Waals surface area contributed by atoms with Crippen LogP contribution in [-0.4, -0.2) is 5.75 Å². The van der Waals surface area contributed by atoms with Crippen molar-refractivity contribution in [3.05, 3.63) is 65.2 Å². The number of nitriles is 1. The number of hydrogen-bond donors (Lipinski definition) is 1. The van der Waals surface area contributed by atoms with E-state index in [1.807, 2.05) is 54.6 Å². The Kier molecular flexibility index (Phi) is 5.08. The standard InChI is InChI=1S/C16H15ClN2S/c17-14-8-4-5-9-15(14)20-11-10-16(19,12-18)13-6-2-1-3-7-13/h1-9H,10-11,19H2. The summed E-state index contributed by atoms with van der Waals surface area (Å²) in [7, 11) is 0. The lowest BCUT2D eigenvalue weighted by molar-refractivity contribution is 0.560. The normalized spacial score (nSPS) is 13.4. The first-order valence-electron chi connectivity index (χ1n) is 6.29. The minimum atomic E-state index is -0.949. The fraction of sp³-hybridized carbons (Fsp3) is 0.188. The number of nitrogens with zero attached hydrogens (tertiary/aromatic N) is 1. The van der Waals surface area contributed by atoms with Crippen LogP contribution in [-0.2, 0) is 5.54 Å². The average molecular weight is 303 g/mol. The van der Waals surface area contributed by atoms with Crippen molar-refractivity contribution in [1.82, 2.24) is 0 Å². The molecule has 20 heavy (non-hydrogen) atoms. The third kappa shape index (κ3) is 3.55. The molecule has 102 valence electrons. The van der Waals surface area contributed by atoms with Crippen LogP contribution in [0.15, 0.2) is 59.5 Å². The molecule has 2 nitrogen and oxygen atoms in total. The van der Waals surface area contributed by atoms with E-state index in [1.165, 1.54) is 0 Å². The maximum absolute atomic E-state index is 9.38. The number of hydrogen-bond acceptors (Lipinski definition) is 3. The molecule has 0 bridgehead atoms. The Balaban J connectivity index is 2.02. The van der Waals surface area contributed by atoms with E-state index in [9.17, 15) is 5.26 Å². The molecular weight excluding hydrogens is 288 g/mol. The molecule has 2 rings (SSSR count). The van der Waals surface area contributed by atoms with Crippen molar-refractivity contribution in [3.8, 4) is 6.07 Å². The first kappa shape index (κ1) is 14.9. The summed E-state index contributed by atoms with van der Waals surface area (Å²) >= 11 is 7.73. The summed E-state index contributed by atoms with van der Waals surface area (Å²) in [5.74, 6) is 0.739. The topological polar surface area (TPSA) is 49.8 Å². The first-order chi connectivity index (χ1) is 9.65. The molecule has 1 unspecified atom stereocenters. The molecular formula is C16H15ClN2S. The van der Waals surface area contributed by atoms with Crippen molar-refractivity contribution in [2.75, 3.05) is 5.75 Å². The van der Waals surface area contributed by atoms with Crippen molar-refractivity contribution in [2.24, 2.45) is 5.73 Å². The Bertz CT molecular complexity index is 609. The van der Waals surface area contributed by atoms with Gasteiger partial charge in [0, 0.05) is 10.6 Å². The number of nitrogens with two attached hydrogens (primary N) is 1. The van der Waals surface area contributed by atoms with Gasteiger partial charge in [0.05, 0.1) is 11.1 Å². The van der Waals surface area contributed by atoms with Gasteiger partial charge in [-0.05, 0) is 24.1 Å². The second kappa shape index (κ2) is 6.81. The van der Waals surface area contributed by atoms with Gasteiger partial charge in [-0.2, -0.15) is 5.26 Å². The third-order valence-electron chi connectivity index (χ3n) is 3.08. The lowest BCUT2D eigenvalue weighted by Gasteiger charge is -2.21. The van der Waals surface area contributed by atoms with Gasteiger partial charge in [0.25, 0.3) is 0 Å². The lowest BCUT2D eigenvalue weighted by Crippen LogP contribution is -2.35. The van der Waals surface area contributed by atoms with Crippen molar-refractivity contribution < 1.29 is 0 Å². The van der Waals surface area contributed by atoms with Gasteiger partial charge in [-0.15, -0.1) is 11.8 Å². The van der Waals surface area contributed by atoms with E-state index in [4.69, 9.17) is 17.3 Å². The second-order valence-electron chi connectivity index (χ2n) is 4.48. The van der Waals surface area contributed by atoms with E-state index >= 15 is 0 Å². The number of halogens is 1. The van der Waals surface area contributed by atoms with Gasteiger partial charge >= 0.3 is 0 Å². The fourth-order valence-electron chi connectivity index (χ4n) is 1.88. The van der Waals surface area contributed by atoms with Crippen LogP contribution in [0.25, 0.3) is 0 Å². The molecule has 0 heterocycles. The maximum Gasteiger partial charge on any atom is 0.130 e. The highest BCUT2D eigenvalue weighted by Gasteiger charge is 2.26. The second-order valence-corrected chi connectivity index (χ2v) is 6.02. The molecule has 0 radical (unpaired) electrons. The summed E-state index contributed by atoms with van der Waals surface area (Å²) in [5.41, 5.74) is 6.11. The largest absolute Gasteiger partial charge is 0.310 e. The van der Waals surface area contributed by atoms with E-state index in [-0.39, 0.29) is 0 Å². The van der Waals surface area contributed by atoms with Crippen LogP contribution >= 0.6 is 23.4 Å². The summed E-state index contributed by atoms with van der Waals surface area (Å²) in [6.45, 7) is 0. The Morgan fingerprint density at radius 1 is 1.10 bits per heavy atom. The zero-order valence-electron chi connectivity index (χ0n) is 10.9. The van der Waals surface area contributed by atoms with E-state index in [0.717, 1.165) is 21.2 Å². The van der Waals surface area contributed by atoms with Crippen LogP contribution in [0.1, 0.15) is 12.0 Å². The molecule has 0 saturated heterocycles. The molecule has 0 aliphatic rings. The van der Waals surface area contributed by atoms with E-state index in [2.05, 4.69) is 6.07 Å². The monoisotopic (exact) mass is 302 g/mol. The first-order valence-corrected chi connectivity index (χ1v) is 7.65. The van der Waals surface area contributed by atoms with Crippen LogP contribution < -0.4 is 5.73 Å². The zero-order chi connectivity index (χ0) is 14.4. The van der Waals surface area contributed by atoms with Gasteiger partial charge in [-0.1, -0.05) is 54.1 Å². The Morgan fingerprint density at radius 3 is 2.40 bits per heavy atom. The molecule has 2 aromatic carbocycles. The van der Waals surface area contributed by atoms with Crippen molar-refractivity contribution in [1.29, 1.82) is 5.26 Å². The smallest absolute Gasteiger partial charge is 0.130 e. The zero-order valence-corrected chi connectivity index (χ0v) is 12.5. The van der Waals surface area contributed by atoms with Crippen LogP contribution in [0.4, 0.5) is 0 Å². The molecule has 4 heteroatoms. The van der Waals surface area contributed by atoms with Gasteiger partial charge in [-0.3, -0.25) is 0 Å². The summed E-state index contributed by atoms with van der Waals surface area (Å²) in [4.78, 5) is 1.02. The molecule has 0 fully saturated rings. The van der Waals surface area contributed by atoms with Gasteiger partial charge in [-0.25, -0.2) is 0 Å². The number of rotatable bonds is 5. The van der Waals surface area contributed by atoms with E-state index in [1.54, 1.807) is 11.8 Å². The van der Waals surface area contributed by atoms with Gasteiger partial charge in [0.2, 0.25) is 0 Å². The minimum Gasteiger partial charge on any atom is -0.310 e.